The van der Waals surface area contributed by atoms with Crippen molar-refractivity contribution in [2.75, 3.05) is 19.6 Å². The monoisotopic (exact) mass is 323 g/mol. The minimum atomic E-state index is -0.594. The van der Waals surface area contributed by atoms with Gasteiger partial charge >= 0.3 is 6.09 Å². The molecule has 1 heterocycles. The van der Waals surface area contributed by atoms with E-state index in [1.54, 1.807) is 6.92 Å². The van der Waals surface area contributed by atoms with Crippen LogP contribution < -0.4 is 5.32 Å². The fraction of sp³-hybridized carbons (Fsp3) is 0.647. The van der Waals surface area contributed by atoms with Gasteiger partial charge in [-0.05, 0) is 46.2 Å². The van der Waals surface area contributed by atoms with E-state index >= 15 is 0 Å². The number of pyridine rings is 1. The number of aliphatic hydroxyl groups is 1. The van der Waals surface area contributed by atoms with E-state index in [0.29, 0.717) is 19.6 Å². The minimum absolute atomic E-state index is 0.253. The van der Waals surface area contributed by atoms with E-state index in [9.17, 15) is 9.90 Å². The molecule has 130 valence electrons. The number of aromatic nitrogens is 1. The Labute approximate surface area is 138 Å². The molecule has 1 unspecified atom stereocenters. The fourth-order valence-corrected chi connectivity index (χ4v) is 1.95. The van der Waals surface area contributed by atoms with Crippen molar-refractivity contribution in [2.45, 2.75) is 52.9 Å². The van der Waals surface area contributed by atoms with E-state index in [4.69, 9.17) is 4.74 Å². The van der Waals surface area contributed by atoms with Gasteiger partial charge in [0.15, 0.2) is 0 Å². The molecule has 0 spiro atoms. The van der Waals surface area contributed by atoms with Crippen LogP contribution in [0.5, 0.6) is 0 Å². The first kappa shape index (κ1) is 19.4. The summed E-state index contributed by atoms with van der Waals surface area (Å²) < 4.78 is 5.37. The predicted molar refractivity (Wildman–Crippen MR) is 90.2 cm³/mol. The first-order valence-electron chi connectivity index (χ1n) is 7.95. The molecule has 0 fully saturated rings. The Morgan fingerprint density at radius 2 is 2.13 bits per heavy atom. The Morgan fingerprint density at radius 1 is 1.43 bits per heavy atom. The lowest BCUT2D eigenvalue weighted by Gasteiger charge is -2.28. The highest BCUT2D eigenvalue weighted by Gasteiger charge is 2.22. The standard InChI is InChI=1S/C17H29N3O3/c1-13-6-7-15(11-19-13)10-18-8-9-20(12-14(2)21)16(22)23-17(3,4)5/h6-7,11,14,18,21H,8-10,12H2,1-5H3. The van der Waals surface area contributed by atoms with Crippen molar-refractivity contribution in [3.05, 3.63) is 29.6 Å². The van der Waals surface area contributed by atoms with Crippen molar-refractivity contribution in [1.29, 1.82) is 0 Å². The van der Waals surface area contributed by atoms with Crippen LogP contribution in [-0.4, -0.2) is 52.4 Å². The number of aliphatic hydroxyl groups excluding tert-OH is 1. The van der Waals surface area contributed by atoms with Crippen molar-refractivity contribution in [2.24, 2.45) is 0 Å². The molecule has 2 N–H and O–H groups in total. The van der Waals surface area contributed by atoms with Crippen LogP contribution in [0.3, 0.4) is 0 Å². The van der Waals surface area contributed by atoms with Crippen LogP contribution in [0.25, 0.3) is 0 Å². The highest BCUT2D eigenvalue weighted by Crippen LogP contribution is 2.10. The molecule has 0 radical (unpaired) electrons. The van der Waals surface area contributed by atoms with Gasteiger partial charge < -0.3 is 20.1 Å². The largest absolute Gasteiger partial charge is 0.444 e. The van der Waals surface area contributed by atoms with Gasteiger partial charge in [0, 0.05) is 38.1 Å². The van der Waals surface area contributed by atoms with Gasteiger partial charge in [-0.15, -0.1) is 0 Å². The highest BCUT2D eigenvalue weighted by atomic mass is 16.6. The second-order valence-electron chi connectivity index (χ2n) is 6.76. The van der Waals surface area contributed by atoms with Crippen LogP contribution in [0.2, 0.25) is 0 Å². The van der Waals surface area contributed by atoms with Crippen molar-refractivity contribution in [1.82, 2.24) is 15.2 Å². The number of aryl methyl sites for hydroxylation is 1. The van der Waals surface area contributed by atoms with Crippen LogP contribution in [0.4, 0.5) is 4.79 Å². The third-order valence-corrected chi connectivity index (χ3v) is 3.00. The summed E-state index contributed by atoms with van der Waals surface area (Å²) in [6.45, 7) is 11.1. The lowest BCUT2D eigenvalue weighted by Crippen LogP contribution is -2.43. The first-order chi connectivity index (χ1) is 10.7. The number of nitrogens with one attached hydrogen (secondary N) is 1. The molecule has 6 nitrogen and oxygen atoms in total. The normalized spacial score (nSPS) is 12.8. The molecule has 0 saturated carbocycles. The average molecular weight is 323 g/mol. The molecule has 1 atom stereocenters. The summed E-state index contributed by atoms with van der Waals surface area (Å²) in [4.78, 5) is 17.9. The topological polar surface area (TPSA) is 74.7 Å². The highest BCUT2D eigenvalue weighted by molar-refractivity contribution is 5.68. The van der Waals surface area contributed by atoms with Crippen LogP contribution in [-0.2, 0) is 11.3 Å². The fourth-order valence-electron chi connectivity index (χ4n) is 1.95. The molecule has 1 aromatic rings. The predicted octanol–water partition coefficient (Wildman–Crippen LogP) is 2.10. The average Bonchev–Trinajstić information content (AvgIpc) is 2.41. The smallest absolute Gasteiger partial charge is 0.410 e. The number of rotatable bonds is 7. The number of ether oxygens (including phenoxy) is 1. The second kappa shape index (κ2) is 8.84. The molecule has 0 aliphatic carbocycles. The quantitative estimate of drug-likeness (QED) is 0.752. The van der Waals surface area contributed by atoms with E-state index in [-0.39, 0.29) is 6.54 Å². The summed E-state index contributed by atoms with van der Waals surface area (Å²) in [5, 5.41) is 12.8. The Kier molecular flexibility index (Phi) is 7.45. The van der Waals surface area contributed by atoms with Crippen molar-refractivity contribution in [3.8, 4) is 0 Å². The molecular weight excluding hydrogens is 294 g/mol. The van der Waals surface area contributed by atoms with Crippen molar-refractivity contribution in [3.63, 3.8) is 0 Å². The van der Waals surface area contributed by atoms with Gasteiger partial charge in [-0.1, -0.05) is 6.07 Å². The van der Waals surface area contributed by atoms with E-state index in [2.05, 4.69) is 10.3 Å². The molecular formula is C17H29N3O3. The van der Waals surface area contributed by atoms with Crippen LogP contribution in [0.1, 0.15) is 39.0 Å². The molecule has 1 amide bonds. The number of hydrogen-bond acceptors (Lipinski definition) is 5. The van der Waals surface area contributed by atoms with Crippen molar-refractivity contribution >= 4 is 6.09 Å². The molecule has 0 aliphatic rings. The Morgan fingerprint density at radius 3 is 2.65 bits per heavy atom. The van der Waals surface area contributed by atoms with E-state index in [1.807, 2.05) is 46.0 Å². The molecule has 1 rings (SSSR count). The van der Waals surface area contributed by atoms with Crippen molar-refractivity contribution < 1.29 is 14.6 Å². The molecule has 6 heteroatoms. The van der Waals surface area contributed by atoms with E-state index in [1.165, 1.54) is 4.90 Å². The lowest BCUT2D eigenvalue weighted by molar-refractivity contribution is 0.0164. The number of amides is 1. The zero-order valence-electron chi connectivity index (χ0n) is 14.8. The van der Waals surface area contributed by atoms with Crippen LogP contribution in [0.15, 0.2) is 18.3 Å². The van der Waals surface area contributed by atoms with Gasteiger partial charge in [0.05, 0.1) is 6.10 Å². The Hall–Kier alpha value is -1.66. The maximum Gasteiger partial charge on any atom is 0.410 e. The number of nitrogens with zero attached hydrogens (tertiary/aromatic N) is 2. The van der Waals surface area contributed by atoms with Gasteiger partial charge in [-0.2, -0.15) is 0 Å². The van der Waals surface area contributed by atoms with Gasteiger partial charge in [0.25, 0.3) is 0 Å². The maximum absolute atomic E-state index is 12.2. The summed E-state index contributed by atoms with van der Waals surface area (Å²) in [7, 11) is 0. The zero-order chi connectivity index (χ0) is 17.5. The van der Waals surface area contributed by atoms with Crippen LogP contribution in [0, 0.1) is 6.92 Å². The van der Waals surface area contributed by atoms with E-state index in [0.717, 1.165) is 11.3 Å². The number of hydrogen-bond donors (Lipinski definition) is 2. The van der Waals surface area contributed by atoms with Gasteiger partial charge in [0.1, 0.15) is 5.60 Å². The van der Waals surface area contributed by atoms with Gasteiger partial charge in [-0.25, -0.2) is 4.79 Å². The molecule has 1 aromatic heterocycles. The Balaban J connectivity index is 2.44. The summed E-state index contributed by atoms with van der Waals surface area (Å²) in [6, 6.07) is 3.99. The molecule has 0 aliphatic heterocycles. The maximum atomic E-state index is 12.2. The van der Waals surface area contributed by atoms with E-state index < -0.39 is 17.8 Å². The summed E-state index contributed by atoms with van der Waals surface area (Å²) in [5.41, 5.74) is 1.53. The number of carbonyl (C=O) groups excluding carboxylic acids is 1. The third-order valence-electron chi connectivity index (χ3n) is 3.00. The molecule has 0 aromatic carbocycles. The molecule has 0 bridgehead atoms. The lowest BCUT2D eigenvalue weighted by atomic mass is 10.2. The zero-order valence-corrected chi connectivity index (χ0v) is 14.8. The van der Waals surface area contributed by atoms with Crippen LogP contribution >= 0.6 is 0 Å². The molecule has 0 saturated heterocycles. The first-order valence-corrected chi connectivity index (χ1v) is 7.95. The summed E-state index contributed by atoms with van der Waals surface area (Å²) in [5.74, 6) is 0. The summed E-state index contributed by atoms with van der Waals surface area (Å²) in [6.07, 6.45) is 0.838. The second-order valence-corrected chi connectivity index (χ2v) is 6.76. The number of carbonyl (C=O) groups is 1. The van der Waals surface area contributed by atoms with Gasteiger partial charge in [0.2, 0.25) is 0 Å². The Bertz CT molecular complexity index is 481. The summed E-state index contributed by atoms with van der Waals surface area (Å²) >= 11 is 0. The molecule has 23 heavy (non-hydrogen) atoms. The third kappa shape index (κ3) is 8.52. The van der Waals surface area contributed by atoms with Gasteiger partial charge in [-0.3, -0.25) is 4.98 Å². The minimum Gasteiger partial charge on any atom is -0.444 e. The SMILES string of the molecule is Cc1ccc(CNCCN(CC(C)O)C(=O)OC(C)(C)C)cn1.